The van der Waals surface area contributed by atoms with Gasteiger partial charge in [-0.3, -0.25) is 29.0 Å². The van der Waals surface area contributed by atoms with Crippen molar-refractivity contribution >= 4 is 29.4 Å². The molecule has 3 N–H and O–H groups in total. The summed E-state index contributed by atoms with van der Waals surface area (Å²) in [6.07, 6.45) is 5.83. The summed E-state index contributed by atoms with van der Waals surface area (Å²) >= 11 is 0. The predicted molar refractivity (Wildman–Crippen MR) is 186 cm³/mol. The Morgan fingerprint density at radius 1 is 0.940 bits per heavy atom. The molecule has 2 fully saturated rings. The van der Waals surface area contributed by atoms with Crippen molar-refractivity contribution < 1.29 is 28.7 Å². The molecule has 6 atom stereocenters. The maximum atomic E-state index is 14.1. The highest BCUT2D eigenvalue weighted by Gasteiger charge is 2.51. The first-order valence-corrected chi connectivity index (χ1v) is 17.2. The number of hydrogen-bond acceptors (Lipinski definition) is 8. The molecule has 3 heterocycles. The number of Topliss-reactive ketones (excluding diaryl/α,β-unsaturated/α-hetero) is 1. The van der Waals surface area contributed by atoms with E-state index in [9.17, 15) is 24.0 Å². The summed E-state index contributed by atoms with van der Waals surface area (Å²) in [7, 11) is 0. The second-order valence-corrected chi connectivity index (χ2v) is 13.8. The van der Waals surface area contributed by atoms with Gasteiger partial charge >= 0.3 is 0 Å². The summed E-state index contributed by atoms with van der Waals surface area (Å²) in [5.74, 6) is -2.00. The Bertz CT molecular complexity index is 1650. The topological polar surface area (TPSA) is 163 Å². The molecule has 6 unspecified atom stereocenters. The summed E-state index contributed by atoms with van der Waals surface area (Å²) in [5.41, 5.74) is 0.972. The molecule has 4 amide bonds. The number of amides is 4. The van der Waals surface area contributed by atoms with E-state index in [-0.39, 0.29) is 36.7 Å². The van der Waals surface area contributed by atoms with E-state index in [1.807, 2.05) is 81.4 Å². The number of carbonyl (C=O) groups is 5. The van der Waals surface area contributed by atoms with Gasteiger partial charge in [0.1, 0.15) is 29.4 Å². The second kappa shape index (κ2) is 16.2. The van der Waals surface area contributed by atoms with Gasteiger partial charge in [0.05, 0.1) is 18.8 Å². The van der Waals surface area contributed by atoms with Gasteiger partial charge in [-0.25, -0.2) is 4.98 Å². The van der Waals surface area contributed by atoms with E-state index in [0.717, 1.165) is 11.1 Å². The molecule has 5 rings (SSSR count). The fraction of sp³-hybridized carbons (Fsp3) is 0.447. The number of ether oxygens (including phenoxy) is 1. The van der Waals surface area contributed by atoms with E-state index < -0.39 is 59.4 Å². The van der Waals surface area contributed by atoms with Crippen LogP contribution < -0.4 is 16.0 Å². The van der Waals surface area contributed by atoms with Gasteiger partial charge in [-0.05, 0) is 56.6 Å². The van der Waals surface area contributed by atoms with Crippen molar-refractivity contribution in [3.8, 4) is 0 Å². The maximum absolute atomic E-state index is 14.1. The van der Waals surface area contributed by atoms with E-state index in [0.29, 0.717) is 19.4 Å². The minimum atomic E-state index is -0.973. The van der Waals surface area contributed by atoms with Gasteiger partial charge < -0.3 is 25.6 Å². The van der Waals surface area contributed by atoms with Crippen LogP contribution in [0.15, 0.2) is 79.3 Å². The van der Waals surface area contributed by atoms with Crippen LogP contribution >= 0.6 is 0 Å². The van der Waals surface area contributed by atoms with Crippen LogP contribution in [0.4, 0.5) is 0 Å². The lowest BCUT2D eigenvalue weighted by Gasteiger charge is -2.33. The number of aryl methyl sites for hydroxylation is 1. The Labute approximate surface area is 292 Å². The van der Waals surface area contributed by atoms with Gasteiger partial charge in [0.2, 0.25) is 17.7 Å². The lowest BCUT2D eigenvalue weighted by Crippen LogP contribution is -2.57. The third-order valence-electron chi connectivity index (χ3n) is 9.25. The molecule has 0 spiro atoms. The van der Waals surface area contributed by atoms with Crippen molar-refractivity contribution in [2.24, 2.45) is 5.92 Å². The smallest absolute Gasteiger partial charge is 0.272 e. The number of ketones is 1. The van der Waals surface area contributed by atoms with Gasteiger partial charge in [0.25, 0.3) is 5.91 Å². The van der Waals surface area contributed by atoms with Crippen LogP contribution in [-0.4, -0.2) is 86.7 Å². The molecule has 264 valence electrons. The highest BCUT2D eigenvalue weighted by Crippen LogP contribution is 2.30. The quantitative estimate of drug-likeness (QED) is 0.194. The first-order chi connectivity index (χ1) is 23.9. The summed E-state index contributed by atoms with van der Waals surface area (Å²) in [6.45, 7) is 7.82. The van der Waals surface area contributed by atoms with Crippen LogP contribution in [0.25, 0.3) is 0 Å². The van der Waals surface area contributed by atoms with Crippen LogP contribution in [0.5, 0.6) is 0 Å². The average Bonchev–Trinajstić information content (AvgIpc) is 3.81. The highest BCUT2D eigenvalue weighted by molar-refractivity contribution is 6.00. The third kappa shape index (κ3) is 9.17. The Balaban J connectivity index is 1.34. The number of rotatable bonds is 16. The van der Waals surface area contributed by atoms with E-state index in [1.165, 1.54) is 23.5 Å². The number of carbonyl (C=O) groups excluding carboxylic acids is 5. The highest BCUT2D eigenvalue weighted by atomic mass is 16.6. The Morgan fingerprint density at radius 2 is 1.60 bits per heavy atom. The van der Waals surface area contributed by atoms with Crippen LogP contribution in [0.1, 0.15) is 68.6 Å². The zero-order chi connectivity index (χ0) is 35.8. The lowest BCUT2D eigenvalue weighted by molar-refractivity contribution is -0.142. The first kappa shape index (κ1) is 36.3. The number of epoxide rings is 1. The minimum absolute atomic E-state index is 0.0630. The Morgan fingerprint density at radius 3 is 2.20 bits per heavy atom. The Kier molecular flexibility index (Phi) is 11.7. The second-order valence-electron chi connectivity index (χ2n) is 13.8. The number of likely N-dealkylation sites (tertiary alicyclic amines) is 1. The summed E-state index contributed by atoms with van der Waals surface area (Å²) in [6, 6.07) is 14.9. The lowest BCUT2D eigenvalue weighted by atomic mass is 9.92. The van der Waals surface area contributed by atoms with Crippen LogP contribution in [0, 0.1) is 5.92 Å². The zero-order valence-corrected chi connectivity index (χ0v) is 29.0. The number of benzene rings is 2. The summed E-state index contributed by atoms with van der Waals surface area (Å²) in [4.78, 5) is 78.0. The maximum Gasteiger partial charge on any atom is 0.272 e. The third-order valence-corrected chi connectivity index (χ3v) is 9.25. The molecule has 50 heavy (non-hydrogen) atoms. The first-order valence-electron chi connectivity index (χ1n) is 17.2. The molecule has 2 aromatic carbocycles. The molecule has 2 aliphatic heterocycles. The van der Waals surface area contributed by atoms with Crippen molar-refractivity contribution in [3.05, 3.63) is 96.1 Å². The van der Waals surface area contributed by atoms with Gasteiger partial charge in [0.15, 0.2) is 5.78 Å². The van der Waals surface area contributed by atoms with Gasteiger partial charge in [-0.15, -0.1) is 0 Å². The van der Waals surface area contributed by atoms with Crippen molar-refractivity contribution in [1.82, 2.24) is 30.8 Å². The number of aromatic nitrogens is 2. The van der Waals surface area contributed by atoms with Crippen molar-refractivity contribution in [2.45, 2.75) is 95.6 Å². The van der Waals surface area contributed by atoms with Crippen LogP contribution in [-0.2, 0) is 36.8 Å². The van der Waals surface area contributed by atoms with Crippen molar-refractivity contribution in [2.75, 3.05) is 6.61 Å². The van der Waals surface area contributed by atoms with Gasteiger partial charge in [-0.1, -0.05) is 74.5 Å². The average molecular weight is 683 g/mol. The van der Waals surface area contributed by atoms with E-state index in [1.54, 1.807) is 6.92 Å². The van der Waals surface area contributed by atoms with E-state index in [2.05, 4.69) is 25.9 Å². The van der Waals surface area contributed by atoms with E-state index >= 15 is 0 Å². The fourth-order valence-electron chi connectivity index (χ4n) is 6.42. The van der Waals surface area contributed by atoms with Crippen molar-refractivity contribution in [3.63, 3.8) is 0 Å². The largest absolute Gasteiger partial charge is 0.361 e. The molecule has 12 heteroatoms. The molecule has 3 aromatic rings. The number of hydrogen-bond donors (Lipinski definition) is 3. The molecule has 12 nitrogen and oxygen atoms in total. The molecule has 0 saturated carbocycles. The molecular formula is C38H46N6O6. The molecule has 0 radical (unpaired) electrons. The molecule has 0 aliphatic carbocycles. The number of nitrogens with one attached hydrogen (secondary N) is 3. The number of nitrogens with zero attached hydrogens (tertiary/aromatic N) is 3. The standard InChI is InChI=1S/C38H46N6O6/c1-24(2)19-29(33(45)38(4)23-50-38)42-36(48)32(21-27-13-9-6-10-14-27)44-25(3)20-30(37(44)49)43-34(46)28(16-15-26-11-7-5-8-12-26)41-35(47)31-22-39-17-18-40-31/h5-14,17-18,22,24-25,28-30,32H,15-16,19-21,23H2,1-4H3,(H,41,47)(H,42,48)(H,43,46). The fourth-order valence-corrected chi connectivity index (χ4v) is 6.42. The molecule has 0 bridgehead atoms. The normalized spacial score (nSPS) is 21.6. The van der Waals surface area contributed by atoms with Crippen molar-refractivity contribution in [1.29, 1.82) is 0 Å². The SMILES string of the molecule is CC(C)CC(NC(=O)C(Cc1ccccc1)N1C(=O)C(NC(=O)C(CCc2ccccc2)NC(=O)c2cnccn2)CC1C)C(=O)C1(C)CO1. The molecular weight excluding hydrogens is 636 g/mol. The minimum Gasteiger partial charge on any atom is -0.361 e. The Hall–Kier alpha value is -4.97. The monoisotopic (exact) mass is 682 g/mol. The summed E-state index contributed by atoms with van der Waals surface area (Å²) < 4.78 is 5.42. The zero-order valence-electron chi connectivity index (χ0n) is 29.0. The molecule has 2 saturated heterocycles. The predicted octanol–water partition coefficient (Wildman–Crippen LogP) is 2.81. The van der Waals surface area contributed by atoms with Gasteiger partial charge in [0, 0.05) is 24.9 Å². The van der Waals surface area contributed by atoms with Crippen LogP contribution in [0.3, 0.4) is 0 Å². The molecule has 1 aromatic heterocycles. The van der Waals surface area contributed by atoms with Crippen LogP contribution in [0.2, 0.25) is 0 Å². The van der Waals surface area contributed by atoms with E-state index in [4.69, 9.17) is 4.74 Å². The van der Waals surface area contributed by atoms with Gasteiger partial charge in [-0.2, -0.15) is 0 Å². The summed E-state index contributed by atoms with van der Waals surface area (Å²) in [5, 5.41) is 8.61. The molecule has 2 aliphatic rings.